The monoisotopic (exact) mass is 408 g/mol. The van der Waals surface area contributed by atoms with Gasteiger partial charge in [0.2, 0.25) is 0 Å². The summed E-state index contributed by atoms with van der Waals surface area (Å²) in [6, 6.07) is 13.0. The third-order valence-electron chi connectivity index (χ3n) is 5.08. The van der Waals surface area contributed by atoms with Crippen molar-refractivity contribution >= 4 is 10.9 Å². The first-order chi connectivity index (χ1) is 14.3. The number of nitriles is 1. The average molecular weight is 409 g/mol. The number of nitrogens with zero attached hydrogens (tertiary/aromatic N) is 2. The van der Waals surface area contributed by atoms with Crippen molar-refractivity contribution in [3.63, 3.8) is 0 Å². The van der Waals surface area contributed by atoms with Gasteiger partial charge in [-0.25, -0.2) is 8.78 Å². The van der Waals surface area contributed by atoms with E-state index in [4.69, 9.17) is 0 Å². The summed E-state index contributed by atoms with van der Waals surface area (Å²) in [4.78, 5) is 0. The van der Waals surface area contributed by atoms with Gasteiger partial charge in [-0.15, -0.1) is 6.58 Å². The molecule has 0 bridgehead atoms. The maximum absolute atomic E-state index is 13.7. The summed E-state index contributed by atoms with van der Waals surface area (Å²) < 4.78 is 29.4. The van der Waals surface area contributed by atoms with Crippen LogP contribution in [0.15, 0.2) is 55.3 Å². The van der Waals surface area contributed by atoms with Gasteiger partial charge in [-0.3, -0.25) is 0 Å². The van der Waals surface area contributed by atoms with Crippen LogP contribution in [-0.2, 0) is 18.8 Å². The van der Waals surface area contributed by atoms with Crippen LogP contribution in [0.2, 0.25) is 0 Å². The smallest absolute Gasteiger partial charge is 0.270 e. The lowest BCUT2D eigenvalue weighted by atomic mass is 9.99. The first kappa shape index (κ1) is 23.3. The summed E-state index contributed by atoms with van der Waals surface area (Å²) in [6.07, 6.45) is 7.74. The predicted octanol–water partition coefficient (Wildman–Crippen LogP) is 7.71. The minimum Gasteiger partial charge on any atom is -0.315 e. The Morgan fingerprint density at radius 1 is 1.13 bits per heavy atom. The van der Waals surface area contributed by atoms with Crippen LogP contribution in [0.25, 0.3) is 16.6 Å². The van der Waals surface area contributed by atoms with Gasteiger partial charge in [-0.05, 0) is 61.6 Å². The third-order valence-corrected chi connectivity index (χ3v) is 5.08. The van der Waals surface area contributed by atoms with E-state index < -0.39 is 5.92 Å². The highest BCUT2D eigenvalue weighted by molar-refractivity contribution is 5.88. The fraction of sp³-hybridized carbons (Fsp3) is 0.346. The van der Waals surface area contributed by atoms with Crippen LogP contribution < -0.4 is 0 Å². The topological polar surface area (TPSA) is 28.7 Å². The second-order valence-corrected chi connectivity index (χ2v) is 7.46. The standard InChI is InChI=1S/C23H24F2N2.C3H6/c1-4-6-7-17-12-20(10-8-16(17)5-2)27-15-18(14-26)21-13-19(23(3,24)25)9-11-22(21)27;1-3-2/h8-13,15H,4-7H2,1-3H3;3H,1H2,2H3. The molecule has 0 unspecified atom stereocenters. The van der Waals surface area contributed by atoms with E-state index in [0.717, 1.165) is 43.8 Å². The lowest BCUT2D eigenvalue weighted by molar-refractivity contribution is 0.0176. The fourth-order valence-corrected chi connectivity index (χ4v) is 3.51. The maximum atomic E-state index is 13.7. The van der Waals surface area contributed by atoms with E-state index in [1.54, 1.807) is 18.3 Å². The molecule has 30 heavy (non-hydrogen) atoms. The second-order valence-electron chi connectivity index (χ2n) is 7.46. The Balaban J connectivity index is 0.00000101. The van der Waals surface area contributed by atoms with Gasteiger partial charge in [0.15, 0.2) is 0 Å². The lowest BCUT2D eigenvalue weighted by Crippen LogP contribution is -2.06. The van der Waals surface area contributed by atoms with Gasteiger partial charge in [0.1, 0.15) is 6.07 Å². The molecule has 0 saturated heterocycles. The lowest BCUT2D eigenvalue weighted by Gasteiger charge is -2.13. The Bertz CT molecular complexity index is 1050. The van der Waals surface area contributed by atoms with E-state index in [1.807, 2.05) is 17.6 Å². The highest BCUT2D eigenvalue weighted by Gasteiger charge is 2.25. The van der Waals surface area contributed by atoms with Crippen LogP contribution >= 0.6 is 0 Å². The number of aryl methyl sites for hydroxylation is 2. The summed E-state index contributed by atoms with van der Waals surface area (Å²) >= 11 is 0. The molecule has 1 aromatic heterocycles. The first-order valence-electron chi connectivity index (χ1n) is 10.4. The minimum atomic E-state index is -2.93. The number of hydrogen-bond acceptors (Lipinski definition) is 1. The number of hydrogen-bond donors (Lipinski definition) is 0. The quantitative estimate of drug-likeness (QED) is 0.384. The van der Waals surface area contributed by atoms with Crippen molar-refractivity contribution in [3.05, 3.63) is 77.5 Å². The molecule has 2 nitrogen and oxygen atoms in total. The van der Waals surface area contributed by atoms with E-state index in [9.17, 15) is 14.0 Å². The van der Waals surface area contributed by atoms with E-state index >= 15 is 0 Å². The summed E-state index contributed by atoms with van der Waals surface area (Å²) in [5.74, 6) is -2.93. The SMILES string of the molecule is C=CC.CCCCc1cc(-n2cc(C#N)c3cc(C(C)(F)F)ccc32)ccc1CC. The Labute approximate surface area is 178 Å². The molecule has 0 amide bonds. The number of alkyl halides is 2. The molecule has 0 aliphatic heterocycles. The molecule has 2 aromatic carbocycles. The van der Waals surface area contributed by atoms with Gasteiger partial charge >= 0.3 is 0 Å². The Kier molecular flexibility index (Phi) is 7.94. The van der Waals surface area contributed by atoms with Crippen LogP contribution in [0.5, 0.6) is 0 Å². The number of unbranched alkanes of at least 4 members (excludes halogenated alkanes) is 1. The van der Waals surface area contributed by atoms with Crippen molar-refractivity contribution in [2.24, 2.45) is 0 Å². The van der Waals surface area contributed by atoms with Crippen molar-refractivity contribution in [1.29, 1.82) is 5.26 Å². The molecule has 0 N–H and O–H groups in total. The molecule has 0 saturated carbocycles. The zero-order chi connectivity index (χ0) is 22.3. The molecule has 3 rings (SSSR count). The van der Waals surface area contributed by atoms with Crippen LogP contribution in [0.4, 0.5) is 8.78 Å². The number of fused-ring (bicyclic) bond motifs is 1. The third kappa shape index (κ3) is 5.16. The summed E-state index contributed by atoms with van der Waals surface area (Å²) in [7, 11) is 0. The van der Waals surface area contributed by atoms with Crippen LogP contribution in [0.1, 0.15) is 62.8 Å². The van der Waals surface area contributed by atoms with Crippen molar-refractivity contribution in [2.45, 2.75) is 59.3 Å². The van der Waals surface area contributed by atoms with Gasteiger partial charge in [-0.2, -0.15) is 5.26 Å². The van der Waals surface area contributed by atoms with Gasteiger partial charge < -0.3 is 4.57 Å². The molecule has 3 aromatic rings. The normalized spacial score (nSPS) is 11.0. The van der Waals surface area contributed by atoms with Gasteiger partial charge in [-0.1, -0.05) is 38.5 Å². The molecule has 4 heteroatoms. The average Bonchev–Trinajstić information content (AvgIpc) is 3.10. The minimum absolute atomic E-state index is 0.0748. The van der Waals surface area contributed by atoms with Crippen LogP contribution in [0, 0.1) is 11.3 Å². The molecule has 0 atom stereocenters. The van der Waals surface area contributed by atoms with Crippen molar-refractivity contribution < 1.29 is 8.78 Å². The number of aromatic nitrogens is 1. The summed E-state index contributed by atoms with van der Waals surface area (Å²) in [5, 5.41) is 10.1. The Hall–Kier alpha value is -2.93. The first-order valence-corrected chi connectivity index (χ1v) is 10.4. The molecule has 0 fully saturated rings. The van der Waals surface area contributed by atoms with Gasteiger partial charge in [0.25, 0.3) is 5.92 Å². The van der Waals surface area contributed by atoms with Crippen molar-refractivity contribution in [1.82, 2.24) is 4.57 Å². The van der Waals surface area contributed by atoms with Gasteiger partial charge in [0, 0.05) is 29.8 Å². The number of rotatable bonds is 6. The van der Waals surface area contributed by atoms with Gasteiger partial charge in [0.05, 0.1) is 11.1 Å². The number of allylic oxidation sites excluding steroid dienone is 1. The van der Waals surface area contributed by atoms with Crippen LogP contribution in [-0.4, -0.2) is 4.57 Å². The predicted molar refractivity (Wildman–Crippen MR) is 121 cm³/mol. The zero-order valence-electron chi connectivity index (χ0n) is 18.3. The Morgan fingerprint density at radius 2 is 1.83 bits per heavy atom. The molecule has 0 spiro atoms. The molecule has 0 aliphatic carbocycles. The molecular weight excluding hydrogens is 378 g/mol. The fourth-order valence-electron chi connectivity index (χ4n) is 3.51. The second kappa shape index (κ2) is 10.2. The van der Waals surface area contributed by atoms with E-state index in [1.165, 1.54) is 23.3 Å². The molecular formula is C26H30F2N2. The number of halogens is 2. The van der Waals surface area contributed by atoms with Crippen molar-refractivity contribution in [3.8, 4) is 11.8 Å². The largest absolute Gasteiger partial charge is 0.315 e. The van der Waals surface area contributed by atoms with E-state index in [2.05, 4.69) is 38.6 Å². The molecule has 158 valence electrons. The Morgan fingerprint density at radius 3 is 2.40 bits per heavy atom. The molecule has 0 radical (unpaired) electrons. The highest BCUT2D eigenvalue weighted by atomic mass is 19.3. The van der Waals surface area contributed by atoms with Crippen LogP contribution in [0.3, 0.4) is 0 Å². The van der Waals surface area contributed by atoms with E-state index in [-0.39, 0.29) is 5.56 Å². The summed E-state index contributed by atoms with van der Waals surface area (Å²) in [5.41, 5.74) is 4.71. The summed E-state index contributed by atoms with van der Waals surface area (Å²) in [6.45, 7) is 10.5. The maximum Gasteiger partial charge on any atom is 0.270 e. The highest BCUT2D eigenvalue weighted by Crippen LogP contribution is 2.33. The molecule has 0 aliphatic rings. The zero-order valence-corrected chi connectivity index (χ0v) is 18.3. The van der Waals surface area contributed by atoms with Crippen molar-refractivity contribution in [2.75, 3.05) is 0 Å². The molecule has 1 heterocycles. The van der Waals surface area contributed by atoms with E-state index in [0.29, 0.717) is 10.9 Å². The number of benzene rings is 2.